The summed E-state index contributed by atoms with van der Waals surface area (Å²) in [4.78, 5) is 18.7. The zero-order chi connectivity index (χ0) is 14.2. The third-order valence-electron chi connectivity index (χ3n) is 3.60. The fraction of sp³-hybridized carbons (Fsp3) is 0.600. The first-order valence-corrected chi connectivity index (χ1v) is 7.49. The number of rotatable bonds is 6. The molecule has 1 aliphatic heterocycles. The molecule has 5 nitrogen and oxygen atoms in total. The Morgan fingerprint density at radius 2 is 2.15 bits per heavy atom. The summed E-state index contributed by atoms with van der Waals surface area (Å²) in [6.07, 6.45) is 7.25. The van der Waals surface area contributed by atoms with Crippen molar-refractivity contribution in [2.24, 2.45) is 0 Å². The number of nitrogens with one attached hydrogen (secondary N) is 2. The topological polar surface area (TPSA) is 57.3 Å². The van der Waals surface area contributed by atoms with Crippen molar-refractivity contribution >= 4 is 11.6 Å². The van der Waals surface area contributed by atoms with Crippen LogP contribution in [0.2, 0.25) is 0 Å². The number of carbonyl (C=O) groups is 1. The minimum absolute atomic E-state index is 0.0274. The van der Waals surface area contributed by atoms with E-state index >= 15 is 0 Å². The Balaban J connectivity index is 1.82. The molecule has 20 heavy (non-hydrogen) atoms. The van der Waals surface area contributed by atoms with Gasteiger partial charge in [0.15, 0.2) is 0 Å². The molecule has 0 radical (unpaired) electrons. The molecule has 1 saturated heterocycles. The molecule has 0 bridgehead atoms. The van der Waals surface area contributed by atoms with Gasteiger partial charge in [-0.2, -0.15) is 0 Å². The van der Waals surface area contributed by atoms with Crippen LogP contribution < -0.4 is 10.6 Å². The first-order chi connectivity index (χ1) is 9.81. The van der Waals surface area contributed by atoms with Crippen LogP contribution >= 0.6 is 0 Å². The molecular formula is C15H24N4O. The SMILES string of the molecule is CCNc1cnccc1C(=O)NCCN1CCCCC1. The molecule has 1 aromatic rings. The van der Waals surface area contributed by atoms with E-state index in [1.807, 2.05) is 6.92 Å². The van der Waals surface area contributed by atoms with Gasteiger partial charge in [-0.25, -0.2) is 0 Å². The van der Waals surface area contributed by atoms with Crippen molar-refractivity contribution in [2.45, 2.75) is 26.2 Å². The molecule has 2 rings (SSSR count). The summed E-state index contributed by atoms with van der Waals surface area (Å²) in [7, 11) is 0. The van der Waals surface area contributed by atoms with Gasteiger partial charge in [0.1, 0.15) is 0 Å². The smallest absolute Gasteiger partial charge is 0.253 e. The molecule has 110 valence electrons. The molecule has 0 aliphatic carbocycles. The molecule has 1 aliphatic rings. The molecule has 0 aromatic carbocycles. The highest BCUT2D eigenvalue weighted by Crippen LogP contribution is 2.12. The molecular weight excluding hydrogens is 252 g/mol. The monoisotopic (exact) mass is 276 g/mol. The van der Waals surface area contributed by atoms with E-state index in [0.29, 0.717) is 12.1 Å². The molecule has 1 amide bonds. The van der Waals surface area contributed by atoms with Gasteiger partial charge in [-0.3, -0.25) is 9.78 Å². The van der Waals surface area contributed by atoms with Crippen LogP contribution in [0.4, 0.5) is 5.69 Å². The molecule has 5 heteroatoms. The summed E-state index contributed by atoms with van der Waals surface area (Å²) in [5, 5.41) is 6.16. The summed E-state index contributed by atoms with van der Waals surface area (Å²) in [5.74, 6) is -0.0274. The van der Waals surface area contributed by atoms with Crippen molar-refractivity contribution in [3.8, 4) is 0 Å². The highest BCUT2D eigenvalue weighted by atomic mass is 16.1. The fourth-order valence-corrected chi connectivity index (χ4v) is 2.53. The number of hydrogen-bond acceptors (Lipinski definition) is 4. The molecule has 0 saturated carbocycles. The van der Waals surface area contributed by atoms with E-state index in [1.165, 1.54) is 19.3 Å². The molecule has 1 fully saturated rings. The maximum absolute atomic E-state index is 12.2. The largest absolute Gasteiger partial charge is 0.383 e. The molecule has 0 atom stereocenters. The minimum atomic E-state index is -0.0274. The Bertz CT molecular complexity index is 430. The van der Waals surface area contributed by atoms with Crippen molar-refractivity contribution in [3.05, 3.63) is 24.0 Å². The van der Waals surface area contributed by atoms with Crippen molar-refractivity contribution in [2.75, 3.05) is 38.0 Å². The van der Waals surface area contributed by atoms with Crippen LogP contribution in [-0.4, -0.2) is 48.5 Å². The lowest BCUT2D eigenvalue weighted by atomic mass is 10.1. The van der Waals surface area contributed by atoms with Gasteiger partial charge in [0, 0.05) is 25.8 Å². The highest BCUT2D eigenvalue weighted by molar-refractivity contribution is 5.99. The van der Waals surface area contributed by atoms with E-state index in [2.05, 4.69) is 20.5 Å². The number of nitrogens with zero attached hydrogens (tertiary/aromatic N) is 2. The van der Waals surface area contributed by atoms with Crippen molar-refractivity contribution < 1.29 is 4.79 Å². The van der Waals surface area contributed by atoms with Crippen LogP contribution in [-0.2, 0) is 0 Å². The second kappa shape index (κ2) is 7.85. The maximum Gasteiger partial charge on any atom is 0.253 e. The number of likely N-dealkylation sites (tertiary alicyclic amines) is 1. The standard InChI is InChI=1S/C15H24N4O/c1-2-17-14-12-16-7-6-13(14)15(20)18-8-11-19-9-4-3-5-10-19/h6-7,12,17H,2-5,8-11H2,1H3,(H,18,20). The normalized spacial score (nSPS) is 15.8. The van der Waals surface area contributed by atoms with Gasteiger partial charge in [0.25, 0.3) is 5.91 Å². The van der Waals surface area contributed by atoms with Gasteiger partial charge in [0.2, 0.25) is 0 Å². The molecule has 2 heterocycles. The van der Waals surface area contributed by atoms with Crippen LogP contribution in [0.3, 0.4) is 0 Å². The van der Waals surface area contributed by atoms with Gasteiger partial charge in [0.05, 0.1) is 17.4 Å². The van der Waals surface area contributed by atoms with Crippen LogP contribution in [0.25, 0.3) is 0 Å². The number of piperidine rings is 1. The van der Waals surface area contributed by atoms with Gasteiger partial charge in [-0.15, -0.1) is 0 Å². The maximum atomic E-state index is 12.2. The Morgan fingerprint density at radius 3 is 2.90 bits per heavy atom. The minimum Gasteiger partial charge on any atom is -0.383 e. The first-order valence-electron chi connectivity index (χ1n) is 7.49. The second-order valence-corrected chi connectivity index (χ2v) is 5.11. The zero-order valence-corrected chi connectivity index (χ0v) is 12.2. The third-order valence-corrected chi connectivity index (χ3v) is 3.60. The Morgan fingerprint density at radius 1 is 1.35 bits per heavy atom. The van der Waals surface area contributed by atoms with Crippen LogP contribution in [0.5, 0.6) is 0 Å². The number of anilines is 1. The van der Waals surface area contributed by atoms with E-state index in [-0.39, 0.29) is 5.91 Å². The van der Waals surface area contributed by atoms with E-state index in [0.717, 1.165) is 31.9 Å². The van der Waals surface area contributed by atoms with Crippen molar-refractivity contribution in [1.82, 2.24) is 15.2 Å². The van der Waals surface area contributed by atoms with E-state index in [9.17, 15) is 4.79 Å². The van der Waals surface area contributed by atoms with Gasteiger partial charge >= 0.3 is 0 Å². The van der Waals surface area contributed by atoms with E-state index in [4.69, 9.17) is 0 Å². The van der Waals surface area contributed by atoms with Crippen LogP contribution in [0.1, 0.15) is 36.5 Å². The quantitative estimate of drug-likeness (QED) is 0.831. The van der Waals surface area contributed by atoms with Gasteiger partial charge in [-0.05, 0) is 38.9 Å². The van der Waals surface area contributed by atoms with Crippen molar-refractivity contribution in [3.63, 3.8) is 0 Å². The molecule has 0 unspecified atom stereocenters. The lowest BCUT2D eigenvalue weighted by molar-refractivity contribution is 0.0947. The van der Waals surface area contributed by atoms with Gasteiger partial charge < -0.3 is 15.5 Å². The molecule has 0 spiro atoms. The number of amides is 1. The predicted octanol–water partition coefficient (Wildman–Crippen LogP) is 1.73. The Labute approximate surface area is 120 Å². The zero-order valence-electron chi connectivity index (χ0n) is 12.2. The van der Waals surface area contributed by atoms with Crippen LogP contribution in [0.15, 0.2) is 18.5 Å². The van der Waals surface area contributed by atoms with Crippen LogP contribution in [0, 0.1) is 0 Å². The fourth-order valence-electron chi connectivity index (χ4n) is 2.53. The number of pyridine rings is 1. The summed E-state index contributed by atoms with van der Waals surface area (Å²) >= 11 is 0. The average Bonchev–Trinajstić information content (AvgIpc) is 2.49. The lowest BCUT2D eigenvalue weighted by Gasteiger charge is -2.26. The summed E-state index contributed by atoms with van der Waals surface area (Å²) in [5.41, 5.74) is 1.46. The average molecular weight is 276 g/mol. The number of hydrogen-bond donors (Lipinski definition) is 2. The molecule has 2 N–H and O–H groups in total. The summed E-state index contributed by atoms with van der Waals surface area (Å²) in [6.45, 7) is 6.74. The van der Waals surface area contributed by atoms with E-state index < -0.39 is 0 Å². The summed E-state index contributed by atoms with van der Waals surface area (Å²) in [6, 6.07) is 1.76. The Hall–Kier alpha value is -1.62. The predicted molar refractivity (Wildman–Crippen MR) is 81.0 cm³/mol. The first kappa shape index (κ1) is 14.8. The lowest BCUT2D eigenvalue weighted by Crippen LogP contribution is -2.37. The third kappa shape index (κ3) is 4.20. The number of aromatic nitrogens is 1. The molecule has 1 aromatic heterocycles. The Kier molecular flexibility index (Phi) is 5.80. The highest BCUT2D eigenvalue weighted by Gasteiger charge is 2.12. The van der Waals surface area contributed by atoms with Crippen molar-refractivity contribution in [1.29, 1.82) is 0 Å². The summed E-state index contributed by atoms with van der Waals surface area (Å²) < 4.78 is 0. The van der Waals surface area contributed by atoms with Gasteiger partial charge in [-0.1, -0.05) is 6.42 Å². The van der Waals surface area contributed by atoms with E-state index in [1.54, 1.807) is 18.5 Å². The second-order valence-electron chi connectivity index (χ2n) is 5.11. The number of carbonyl (C=O) groups excluding carboxylic acids is 1.